The van der Waals surface area contributed by atoms with Crippen molar-refractivity contribution >= 4 is 17.6 Å². The molecule has 0 atom stereocenters. The summed E-state index contributed by atoms with van der Waals surface area (Å²) < 4.78 is 1.67. The third kappa shape index (κ3) is 3.52. The molecule has 21 heavy (non-hydrogen) atoms. The predicted molar refractivity (Wildman–Crippen MR) is 82.2 cm³/mol. The van der Waals surface area contributed by atoms with Crippen molar-refractivity contribution in [3.63, 3.8) is 0 Å². The molecule has 2 rings (SSSR count). The standard InChI is InChI=1S/C16H16ClNO3/c1-2-14-13(17)7-8-15(19)18(14)10-9-11-3-5-12(6-4-11)16(20)21/h3-8H,2,9-10H2,1H3,(H,20,21). The van der Waals surface area contributed by atoms with E-state index in [1.165, 1.54) is 6.07 Å². The second kappa shape index (κ2) is 6.59. The number of halogens is 1. The van der Waals surface area contributed by atoms with Gasteiger partial charge in [0.2, 0.25) is 0 Å². The third-order valence-corrected chi connectivity index (χ3v) is 3.74. The molecule has 0 bridgehead atoms. The molecule has 110 valence electrons. The zero-order valence-electron chi connectivity index (χ0n) is 11.7. The van der Waals surface area contributed by atoms with Crippen LogP contribution in [0, 0.1) is 0 Å². The fraction of sp³-hybridized carbons (Fsp3) is 0.250. The minimum Gasteiger partial charge on any atom is -0.478 e. The predicted octanol–water partition coefficient (Wildman–Crippen LogP) is 3.01. The number of carbonyl (C=O) groups is 1. The molecule has 0 spiro atoms. The first-order chi connectivity index (χ1) is 10.0. The van der Waals surface area contributed by atoms with Gasteiger partial charge in [0, 0.05) is 18.3 Å². The highest BCUT2D eigenvalue weighted by Gasteiger charge is 2.07. The van der Waals surface area contributed by atoms with E-state index in [2.05, 4.69) is 0 Å². The van der Waals surface area contributed by atoms with Crippen LogP contribution < -0.4 is 5.56 Å². The summed E-state index contributed by atoms with van der Waals surface area (Å²) in [4.78, 5) is 22.7. The summed E-state index contributed by atoms with van der Waals surface area (Å²) in [5.74, 6) is -0.944. The number of aromatic nitrogens is 1. The van der Waals surface area contributed by atoms with Crippen molar-refractivity contribution in [2.45, 2.75) is 26.3 Å². The van der Waals surface area contributed by atoms with Crippen molar-refractivity contribution in [1.82, 2.24) is 4.57 Å². The number of hydrogen-bond acceptors (Lipinski definition) is 2. The van der Waals surface area contributed by atoms with Gasteiger partial charge >= 0.3 is 5.97 Å². The van der Waals surface area contributed by atoms with Crippen molar-refractivity contribution < 1.29 is 9.90 Å². The van der Waals surface area contributed by atoms with Crippen LogP contribution in [0.4, 0.5) is 0 Å². The fourth-order valence-corrected chi connectivity index (χ4v) is 2.55. The van der Waals surface area contributed by atoms with E-state index in [0.29, 0.717) is 24.4 Å². The van der Waals surface area contributed by atoms with Crippen molar-refractivity contribution in [1.29, 1.82) is 0 Å². The van der Waals surface area contributed by atoms with E-state index in [4.69, 9.17) is 16.7 Å². The summed E-state index contributed by atoms with van der Waals surface area (Å²) in [5.41, 5.74) is 1.99. The maximum Gasteiger partial charge on any atom is 0.335 e. The maximum absolute atomic E-state index is 11.9. The van der Waals surface area contributed by atoms with Crippen molar-refractivity contribution in [2.75, 3.05) is 0 Å². The summed E-state index contributed by atoms with van der Waals surface area (Å²) in [6.07, 6.45) is 1.33. The first kappa shape index (κ1) is 15.3. The minimum atomic E-state index is -0.944. The number of benzene rings is 1. The summed E-state index contributed by atoms with van der Waals surface area (Å²) in [6, 6.07) is 9.77. The van der Waals surface area contributed by atoms with Crippen LogP contribution >= 0.6 is 11.6 Å². The van der Waals surface area contributed by atoms with Crippen LogP contribution in [0.5, 0.6) is 0 Å². The van der Waals surface area contributed by atoms with Gasteiger partial charge in [-0.05, 0) is 36.6 Å². The lowest BCUT2D eigenvalue weighted by Crippen LogP contribution is -2.23. The molecule has 0 fully saturated rings. The molecule has 2 aromatic rings. The van der Waals surface area contributed by atoms with Gasteiger partial charge in [-0.3, -0.25) is 4.79 Å². The zero-order chi connectivity index (χ0) is 15.4. The van der Waals surface area contributed by atoms with Crippen molar-refractivity contribution in [2.24, 2.45) is 0 Å². The number of nitrogens with zero attached hydrogens (tertiary/aromatic N) is 1. The number of aromatic carboxylic acids is 1. The molecule has 1 aromatic carbocycles. The molecule has 0 radical (unpaired) electrons. The lowest BCUT2D eigenvalue weighted by atomic mass is 10.1. The van der Waals surface area contributed by atoms with Crippen LogP contribution in [0.25, 0.3) is 0 Å². The molecule has 0 aliphatic heterocycles. The molecule has 0 aliphatic carbocycles. The average molecular weight is 306 g/mol. The Morgan fingerprint density at radius 3 is 2.43 bits per heavy atom. The van der Waals surface area contributed by atoms with Crippen LogP contribution in [0.2, 0.25) is 5.02 Å². The minimum absolute atomic E-state index is 0.0709. The van der Waals surface area contributed by atoms with Gasteiger partial charge in [0.1, 0.15) is 0 Å². The summed E-state index contributed by atoms with van der Waals surface area (Å²) in [5, 5.41) is 9.45. The number of carboxylic acids is 1. The molecule has 0 saturated carbocycles. The molecular formula is C16H16ClNO3. The Hall–Kier alpha value is -2.07. The lowest BCUT2D eigenvalue weighted by Gasteiger charge is -2.13. The Balaban J connectivity index is 2.18. The monoisotopic (exact) mass is 305 g/mol. The molecular weight excluding hydrogens is 290 g/mol. The largest absolute Gasteiger partial charge is 0.478 e. The first-order valence-electron chi connectivity index (χ1n) is 6.73. The SMILES string of the molecule is CCc1c(Cl)ccc(=O)n1CCc1ccc(C(=O)O)cc1. The Kier molecular flexibility index (Phi) is 4.81. The molecule has 1 N–H and O–H groups in total. The van der Waals surface area contributed by atoms with E-state index in [1.54, 1.807) is 34.9 Å². The Morgan fingerprint density at radius 1 is 1.19 bits per heavy atom. The smallest absolute Gasteiger partial charge is 0.335 e. The maximum atomic E-state index is 11.9. The Labute approximate surface area is 127 Å². The molecule has 5 heteroatoms. The van der Waals surface area contributed by atoms with Crippen molar-refractivity contribution in [3.8, 4) is 0 Å². The normalized spacial score (nSPS) is 10.6. The van der Waals surface area contributed by atoms with Crippen LogP contribution in [-0.2, 0) is 19.4 Å². The van der Waals surface area contributed by atoms with Gasteiger partial charge in [-0.15, -0.1) is 0 Å². The third-order valence-electron chi connectivity index (χ3n) is 3.40. The summed E-state index contributed by atoms with van der Waals surface area (Å²) in [6.45, 7) is 2.48. The highest BCUT2D eigenvalue weighted by Crippen LogP contribution is 2.14. The van der Waals surface area contributed by atoms with Crippen molar-refractivity contribution in [3.05, 3.63) is 68.6 Å². The van der Waals surface area contributed by atoms with Crippen LogP contribution in [0.1, 0.15) is 28.5 Å². The van der Waals surface area contributed by atoms with E-state index >= 15 is 0 Å². The number of pyridine rings is 1. The topological polar surface area (TPSA) is 59.3 Å². The van der Waals surface area contributed by atoms with Gasteiger partial charge in [0.05, 0.1) is 10.6 Å². The van der Waals surface area contributed by atoms with Gasteiger partial charge in [-0.2, -0.15) is 0 Å². The number of hydrogen-bond donors (Lipinski definition) is 1. The highest BCUT2D eigenvalue weighted by molar-refractivity contribution is 6.31. The van der Waals surface area contributed by atoms with Crippen LogP contribution in [0.15, 0.2) is 41.2 Å². The van der Waals surface area contributed by atoms with Gasteiger partial charge in [-0.1, -0.05) is 30.7 Å². The molecule has 1 heterocycles. The lowest BCUT2D eigenvalue weighted by molar-refractivity contribution is 0.0697. The number of carboxylic acid groups (broad SMARTS) is 1. The van der Waals surface area contributed by atoms with E-state index in [-0.39, 0.29) is 11.1 Å². The first-order valence-corrected chi connectivity index (χ1v) is 7.11. The van der Waals surface area contributed by atoms with Gasteiger partial charge < -0.3 is 9.67 Å². The Morgan fingerprint density at radius 2 is 1.86 bits per heavy atom. The van der Waals surface area contributed by atoms with E-state index in [9.17, 15) is 9.59 Å². The zero-order valence-corrected chi connectivity index (χ0v) is 12.4. The quantitative estimate of drug-likeness (QED) is 0.923. The van der Waals surface area contributed by atoms with Gasteiger partial charge in [0.15, 0.2) is 0 Å². The van der Waals surface area contributed by atoms with E-state index in [0.717, 1.165) is 11.3 Å². The highest BCUT2D eigenvalue weighted by atomic mass is 35.5. The number of aryl methyl sites for hydroxylation is 1. The summed E-state index contributed by atoms with van der Waals surface area (Å²) in [7, 11) is 0. The van der Waals surface area contributed by atoms with E-state index < -0.39 is 5.97 Å². The fourth-order valence-electron chi connectivity index (χ4n) is 2.25. The van der Waals surface area contributed by atoms with Crippen LogP contribution in [0.3, 0.4) is 0 Å². The molecule has 0 saturated heterocycles. The molecule has 0 amide bonds. The molecule has 0 unspecified atom stereocenters. The van der Waals surface area contributed by atoms with E-state index in [1.807, 2.05) is 6.92 Å². The Bertz CT molecular complexity index is 704. The molecule has 1 aromatic heterocycles. The second-order valence-electron chi connectivity index (χ2n) is 4.72. The van der Waals surface area contributed by atoms with Crippen LogP contribution in [-0.4, -0.2) is 15.6 Å². The average Bonchev–Trinajstić information content (AvgIpc) is 2.48. The van der Waals surface area contributed by atoms with Gasteiger partial charge in [-0.25, -0.2) is 4.79 Å². The van der Waals surface area contributed by atoms with Gasteiger partial charge in [0.25, 0.3) is 5.56 Å². The number of rotatable bonds is 5. The molecule has 4 nitrogen and oxygen atoms in total. The second-order valence-corrected chi connectivity index (χ2v) is 5.13. The molecule has 0 aliphatic rings. The summed E-state index contributed by atoms with van der Waals surface area (Å²) >= 11 is 6.11.